The molecule has 88 valence electrons. The Labute approximate surface area is 107 Å². The molecule has 0 heterocycles. The Hall–Kier alpha value is -1.40. The van der Waals surface area contributed by atoms with E-state index in [0.717, 1.165) is 11.4 Å². The van der Waals surface area contributed by atoms with Gasteiger partial charge in [0, 0.05) is 17.0 Å². The highest BCUT2D eigenvalue weighted by Gasteiger charge is 2.26. The van der Waals surface area contributed by atoms with Crippen molar-refractivity contribution < 1.29 is 4.79 Å². The molecule has 1 aromatic rings. The normalized spacial score (nSPS) is 14.1. The fourth-order valence-electron chi connectivity index (χ4n) is 1.73. The number of hydrogen-bond acceptors (Lipinski definition) is 2. The average molecular weight is 245 g/mol. The van der Waals surface area contributed by atoms with Crippen molar-refractivity contribution in [3.8, 4) is 12.3 Å². The third-order valence-corrected chi connectivity index (χ3v) is 3.16. The van der Waals surface area contributed by atoms with Crippen molar-refractivity contribution in [1.29, 1.82) is 0 Å². The molecule has 1 fully saturated rings. The highest BCUT2D eigenvalue weighted by atomic mass is 32.1. The molecule has 0 atom stereocenters. The third-order valence-electron chi connectivity index (χ3n) is 2.86. The number of terminal acetylenes is 1. The summed E-state index contributed by atoms with van der Waals surface area (Å²) >= 11 is 4.20. The number of amides is 1. The van der Waals surface area contributed by atoms with Crippen molar-refractivity contribution in [2.45, 2.75) is 17.7 Å². The van der Waals surface area contributed by atoms with Crippen molar-refractivity contribution in [1.82, 2.24) is 4.90 Å². The van der Waals surface area contributed by atoms with E-state index in [0.29, 0.717) is 18.0 Å². The van der Waals surface area contributed by atoms with Gasteiger partial charge in [-0.05, 0) is 43.0 Å². The summed E-state index contributed by atoms with van der Waals surface area (Å²) in [6, 6.07) is 7.23. The van der Waals surface area contributed by atoms with Gasteiger partial charge in [0.15, 0.2) is 0 Å². The predicted octanol–water partition coefficient (Wildman–Crippen LogP) is 2.46. The zero-order valence-electron chi connectivity index (χ0n) is 9.60. The zero-order valence-corrected chi connectivity index (χ0v) is 10.5. The van der Waals surface area contributed by atoms with Crippen LogP contribution in [-0.4, -0.2) is 23.9 Å². The second-order valence-corrected chi connectivity index (χ2v) is 4.90. The molecule has 1 aliphatic carbocycles. The monoisotopic (exact) mass is 245 g/mol. The van der Waals surface area contributed by atoms with Crippen LogP contribution in [0.25, 0.3) is 0 Å². The van der Waals surface area contributed by atoms with Crippen LogP contribution in [-0.2, 0) is 0 Å². The first kappa shape index (κ1) is 12.1. The molecule has 1 aromatic carbocycles. The van der Waals surface area contributed by atoms with Crippen LogP contribution in [0.1, 0.15) is 23.2 Å². The molecule has 0 radical (unpaired) electrons. The van der Waals surface area contributed by atoms with Crippen molar-refractivity contribution in [2.24, 2.45) is 5.92 Å². The number of carbonyl (C=O) groups is 1. The lowest BCUT2D eigenvalue weighted by atomic mass is 10.2. The topological polar surface area (TPSA) is 20.3 Å². The van der Waals surface area contributed by atoms with E-state index in [9.17, 15) is 4.79 Å². The number of rotatable bonds is 4. The lowest BCUT2D eigenvalue weighted by Gasteiger charge is -2.20. The van der Waals surface area contributed by atoms with Crippen LogP contribution in [0, 0.1) is 18.3 Å². The van der Waals surface area contributed by atoms with Crippen molar-refractivity contribution in [3.63, 3.8) is 0 Å². The highest BCUT2D eigenvalue weighted by Crippen LogP contribution is 2.30. The Balaban J connectivity index is 2.09. The molecule has 0 aliphatic heterocycles. The van der Waals surface area contributed by atoms with E-state index < -0.39 is 0 Å². The number of thiol groups is 1. The summed E-state index contributed by atoms with van der Waals surface area (Å²) in [4.78, 5) is 14.8. The van der Waals surface area contributed by atoms with Gasteiger partial charge < -0.3 is 4.90 Å². The first-order valence-corrected chi connectivity index (χ1v) is 6.17. The Morgan fingerprint density at radius 2 is 2.06 bits per heavy atom. The number of nitrogens with zero attached hydrogens (tertiary/aromatic N) is 1. The minimum absolute atomic E-state index is 0.0168. The summed E-state index contributed by atoms with van der Waals surface area (Å²) in [6.07, 6.45) is 7.73. The molecule has 1 saturated carbocycles. The molecule has 0 aromatic heterocycles. The maximum atomic E-state index is 12.2. The van der Waals surface area contributed by atoms with Gasteiger partial charge >= 0.3 is 0 Å². The maximum Gasteiger partial charge on any atom is 0.254 e. The van der Waals surface area contributed by atoms with E-state index in [2.05, 4.69) is 18.5 Å². The van der Waals surface area contributed by atoms with Crippen LogP contribution in [0.4, 0.5) is 0 Å². The van der Waals surface area contributed by atoms with Crippen LogP contribution >= 0.6 is 12.6 Å². The lowest BCUT2D eigenvalue weighted by molar-refractivity contribution is 0.0769. The van der Waals surface area contributed by atoms with E-state index >= 15 is 0 Å². The molecule has 0 bridgehead atoms. The van der Waals surface area contributed by atoms with Gasteiger partial charge in [-0.2, -0.15) is 0 Å². The maximum absolute atomic E-state index is 12.2. The summed E-state index contributed by atoms with van der Waals surface area (Å²) in [5, 5.41) is 0. The minimum atomic E-state index is 0.0168. The van der Waals surface area contributed by atoms with E-state index in [1.54, 1.807) is 17.0 Å². The summed E-state index contributed by atoms with van der Waals surface area (Å²) in [6.45, 7) is 1.17. The molecular weight excluding hydrogens is 230 g/mol. The number of benzene rings is 1. The molecule has 3 heteroatoms. The Morgan fingerprint density at radius 1 is 1.41 bits per heavy atom. The van der Waals surface area contributed by atoms with Gasteiger partial charge in [-0.15, -0.1) is 19.1 Å². The van der Waals surface area contributed by atoms with E-state index in [4.69, 9.17) is 6.42 Å². The molecule has 0 unspecified atom stereocenters. The van der Waals surface area contributed by atoms with Crippen LogP contribution in [0.3, 0.4) is 0 Å². The van der Waals surface area contributed by atoms with E-state index in [1.165, 1.54) is 12.8 Å². The molecule has 0 saturated heterocycles. The molecule has 0 spiro atoms. The third kappa shape index (κ3) is 3.28. The predicted molar refractivity (Wildman–Crippen MR) is 71.2 cm³/mol. The molecule has 0 N–H and O–H groups in total. The van der Waals surface area contributed by atoms with Gasteiger partial charge in [0.05, 0.1) is 6.54 Å². The smallest absolute Gasteiger partial charge is 0.254 e. The first-order valence-electron chi connectivity index (χ1n) is 5.72. The zero-order chi connectivity index (χ0) is 12.3. The molecular formula is C14H15NOS. The summed E-state index contributed by atoms with van der Waals surface area (Å²) < 4.78 is 0. The summed E-state index contributed by atoms with van der Waals surface area (Å²) in [7, 11) is 0. The van der Waals surface area contributed by atoms with Crippen LogP contribution < -0.4 is 0 Å². The van der Waals surface area contributed by atoms with E-state index in [1.807, 2.05) is 12.1 Å². The number of hydrogen-bond donors (Lipinski definition) is 1. The van der Waals surface area contributed by atoms with Gasteiger partial charge in [0.25, 0.3) is 5.91 Å². The minimum Gasteiger partial charge on any atom is -0.327 e. The van der Waals surface area contributed by atoms with Crippen molar-refractivity contribution in [3.05, 3.63) is 29.8 Å². The standard InChI is InChI=1S/C14H15NOS/c1-2-9-15(10-11-3-4-11)14(16)12-5-7-13(17)8-6-12/h1,5-8,11,17H,3-4,9-10H2. The number of carbonyl (C=O) groups excluding carboxylic acids is 1. The second-order valence-electron chi connectivity index (χ2n) is 4.38. The summed E-state index contributed by atoms with van der Waals surface area (Å²) in [5.41, 5.74) is 0.679. The van der Waals surface area contributed by atoms with Gasteiger partial charge in [-0.3, -0.25) is 4.79 Å². The molecule has 17 heavy (non-hydrogen) atoms. The van der Waals surface area contributed by atoms with Crippen molar-refractivity contribution >= 4 is 18.5 Å². The molecule has 2 rings (SSSR count). The summed E-state index contributed by atoms with van der Waals surface area (Å²) in [5.74, 6) is 3.22. The molecule has 1 aliphatic rings. The molecule has 1 amide bonds. The fraction of sp³-hybridized carbons (Fsp3) is 0.357. The quantitative estimate of drug-likeness (QED) is 0.638. The second kappa shape index (κ2) is 5.29. The van der Waals surface area contributed by atoms with Gasteiger partial charge in [-0.25, -0.2) is 0 Å². The molecule has 2 nitrogen and oxygen atoms in total. The van der Waals surface area contributed by atoms with Gasteiger partial charge in [-0.1, -0.05) is 5.92 Å². The van der Waals surface area contributed by atoms with Gasteiger partial charge in [0.2, 0.25) is 0 Å². The van der Waals surface area contributed by atoms with Crippen LogP contribution in [0.5, 0.6) is 0 Å². The largest absolute Gasteiger partial charge is 0.327 e. The lowest BCUT2D eigenvalue weighted by Crippen LogP contribution is -2.33. The fourth-order valence-corrected chi connectivity index (χ4v) is 1.88. The van der Waals surface area contributed by atoms with Crippen LogP contribution in [0.2, 0.25) is 0 Å². The Kier molecular flexibility index (Phi) is 3.75. The van der Waals surface area contributed by atoms with Gasteiger partial charge in [0.1, 0.15) is 0 Å². The highest BCUT2D eigenvalue weighted by molar-refractivity contribution is 7.80. The first-order chi connectivity index (χ1) is 8.20. The van der Waals surface area contributed by atoms with Crippen molar-refractivity contribution in [2.75, 3.05) is 13.1 Å². The Bertz CT molecular complexity index is 442. The Morgan fingerprint density at radius 3 is 2.59 bits per heavy atom. The SMILES string of the molecule is C#CCN(CC1CC1)C(=O)c1ccc(S)cc1. The van der Waals surface area contributed by atoms with E-state index in [-0.39, 0.29) is 5.91 Å². The average Bonchev–Trinajstić information content (AvgIpc) is 3.13. The van der Waals surface area contributed by atoms with Crippen LogP contribution in [0.15, 0.2) is 29.2 Å².